The molecule has 0 atom stereocenters. The molecule has 1 spiro atoms. The third-order valence-corrected chi connectivity index (χ3v) is 6.96. The van der Waals surface area contributed by atoms with Crippen LogP contribution in [0.1, 0.15) is 46.5 Å². The van der Waals surface area contributed by atoms with Crippen molar-refractivity contribution in [3.8, 4) is 0 Å². The average Bonchev–Trinajstić information content (AvgIpc) is 2.42. The van der Waals surface area contributed by atoms with Gasteiger partial charge in [0.2, 0.25) is 10.0 Å². The van der Waals surface area contributed by atoms with Crippen LogP contribution < -0.4 is 0 Å². The summed E-state index contributed by atoms with van der Waals surface area (Å²) in [7, 11) is -2.98. The Morgan fingerprint density at radius 1 is 1.00 bits per heavy atom. The Morgan fingerprint density at radius 2 is 1.50 bits per heavy atom. The molecule has 2 heterocycles. The maximum atomic E-state index is 11.9. The molecule has 2 fully saturated rings. The van der Waals surface area contributed by atoms with Gasteiger partial charge in [0.25, 0.3) is 0 Å². The fourth-order valence-corrected chi connectivity index (χ4v) is 4.75. The van der Waals surface area contributed by atoms with E-state index in [9.17, 15) is 8.42 Å². The number of hydrogen-bond donors (Lipinski definition) is 0. The minimum atomic E-state index is -2.98. The fourth-order valence-electron chi connectivity index (χ4n) is 3.65. The van der Waals surface area contributed by atoms with Crippen molar-refractivity contribution in [2.45, 2.75) is 46.5 Å². The summed E-state index contributed by atoms with van der Waals surface area (Å²) >= 11 is 0. The van der Waals surface area contributed by atoms with Gasteiger partial charge in [0.1, 0.15) is 0 Å². The zero-order valence-electron chi connectivity index (χ0n) is 13.3. The van der Waals surface area contributed by atoms with Gasteiger partial charge in [-0.1, -0.05) is 13.8 Å². The normalized spacial score (nSPS) is 25.4. The number of nitrogens with zero attached hydrogens (tertiary/aromatic N) is 2. The number of hydrogen-bond acceptors (Lipinski definition) is 3. The van der Waals surface area contributed by atoms with Gasteiger partial charge in [-0.3, -0.25) is 0 Å². The number of rotatable bonds is 4. The highest BCUT2D eigenvalue weighted by atomic mass is 32.2. The predicted octanol–water partition coefficient (Wildman–Crippen LogP) is 2.17. The molecule has 2 aliphatic heterocycles. The molecule has 0 unspecified atom stereocenters. The Kier molecular flexibility index (Phi) is 5.14. The van der Waals surface area contributed by atoms with Crippen molar-refractivity contribution >= 4 is 10.0 Å². The van der Waals surface area contributed by atoms with E-state index in [0.717, 1.165) is 31.8 Å². The molecule has 0 radical (unpaired) electrons. The Morgan fingerprint density at radius 3 is 1.95 bits per heavy atom. The van der Waals surface area contributed by atoms with E-state index in [2.05, 4.69) is 18.7 Å². The van der Waals surface area contributed by atoms with Crippen molar-refractivity contribution < 1.29 is 8.42 Å². The zero-order valence-corrected chi connectivity index (χ0v) is 14.1. The zero-order chi connectivity index (χ0) is 14.8. The van der Waals surface area contributed by atoms with Gasteiger partial charge in [-0.2, -0.15) is 0 Å². The summed E-state index contributed by atoms with van der Waals surface area (Å²) in [5.41, 5.74) is 0.424. The van der Waals surface area contributed by atoms with Crippen molar-refractivity contribution in [2.75, 3.05) is 38.5 Å². The lowest BCUT2D eigenvalue weighted by Crippen LogP contribution is -2.48. The van der Waals surface area contributed by atoms with Gasteiger partial charge in [0, 0.05) is 19.6 Å². The fraction of sp³-hybridized carbons (Fsp3) is 1.00. The van der Waals surface area contributed by atoms with Crippen LogP contribution in [-0.2, 0) is 10.0 Å². The largest absolute Gasteiger partial charge is 0.303 e. The molecule has 118 valence electrons. The molecule has 0 saturated carbocycles. The van der Waals surface area contributed by atoms with E-state index in [0.29, 0.717) is 5.41 Å². The van der Waals surface area contributed by atoms with Crippen molar-refractivity contribution in [3.63, 3.8) is 0 Å². The lowest BCUT2D eigenvalue weighted by Gasteiger charge is -2.46. The molecule has 4 nitrogen and oxygen atoms in total. The molecule has 0 bridgehead atoms. The molecule has 2 rings (SSSR count). The quantitative estimate of drug-likeness (QED) is 0.799. The molecule has 2 aliphatic rings. The van der Waals surface area contributed by atoms with Gasteiger partial charge in [-0.25, -0.2) is 12.7 Å². The minimum Gasteiger partial charge on any atom is -0.303 e. The highest BCUT2D eigenvalue weighted by Gasteiger charge is 2.39. The lowest BCUT2D eigenvalue weighted by atomic mass is 9.71. The summed E-state index contributed by atoms with van der Waals surface area (Å²) in [6.07, 6.45) is 4.61. The Labute approximate surface area is 124 Å². The highest BCUT2D eigenvalue weighted by Crippen LogP contribution is 2.41. The average molecular weight is 302 g/mol. The Bertz CT molecular complexity index is 402. The first-order chi connectivity index (χ1) is 9.37. The molecule has 0 aromatic carbocycles. The summed E-state index contributed by atoms with van der Waals surface area (Å²) in [4.78, 5) is 2.57. The highest BCUT2D eigenvalue weighted by molar-refractivity contribution is 7.89. The van der Waals surface area contributed by atoms with Gasteiger partial charge in [-0.15, -0.1) is 0 Å². The monoisotopic (exact) mass is 302 g/mol. The van der Waals surface area contributed by atoms with E-state index in [1.807, 2.05) is 0 Å². The smallest absolute Gasteiger partial charge is 0.213 e. The van der Waals surface area contributed by atoms with E-state index in [1.165, 1.54) is 32.5 Å². The number of sulfonamides is 1. The molecule has 2 saturated heterocycles. The second kappa shape index (κ2) is 6.32. The van der Waals surface area contributed by atoms with Gasteiger partial charge >= 0.3 is 0 Å². The molecule has 0 aliphatic carbocycles. The summed E-state index contributed by atoms with van der Waals surface area (Å²) in [5.74, 6) is 0.975. The van der Waals surface area contributed by atoms with E-state index < -0.39 is 10.0 Å². The van der Waals surface area contributed by atoms with E-state index in [4.69, 9.17) is 0 Å². The first-order valence-electron chi connectivity index (χ1n) is 8.07. The molecule has 20 heavy (non-hydrogen) atoms. The van der Waals surface area contributed by atoms with Crippen LogP contribution in [0.5, 0.6) is 0 Å². The van der Waals surface area contributed by atoms with E-state index in [-0.39, 0.29) is 5.75 Å². The summed E-state index contributed by atoms with van der Waals surface area (Å²) < 4.78 is 25.5. The maximum Gasteiger partial charge on any atom is 0.213 e. The van der Waals surface area contributed by atoms with Crippen LogP contribution in [0.3, 0.4) is 0 Å². The van der Waals surface area contributed by atoms with Crippen LogP contribution in [0.2, 0.25) is 0 Å². The van der Waals surface area contributed by atoms with Gasteiger partial charge in [0.05, 0.1) is 5.75 Å². The van der Waals surface area contributed by atoms with Crippen LogP contribution in [0, 0.1) is 11.3 Å². The van der Waals surface area contributed by atoms with Gasteiger partial charge in [0.15, 0.2) is 0 Å². The molecular weight excluding hydrogens is 272 g/mol. The number of likely N-dealkylation sites (tertiary alicyclic amines) is 1. The standard InChI is InChI=1S/C15H30N2O2S/c1-4-20(18,19)17-11-7-15(8-12-17)5-9-16(10-6-15)13-14(2)3/h14H,4-13H2,1-3H3. The van der Waals surface area contributed by atoms with Crippen LogP contribution >= 0.6 is 0 Å². The van der Waals surface area contributed by atoms with Crippen LogP contribution in [0.15, 0.2) is 0 Å². The number of piperidine rings is 2. The van der Waals surface area contributed by atoms with Gasteiger partial charge in [-0.05, 0) is 57.0 Å². The lowest BCUT2D eigenvalue weighted by molar-refractivity contribution is 0.0515. The van der Waals surface area contributed by atoms with Crippen LogP contribution in [0.4, 0.5) is 0 Å². The second-order valence-corrected chi connectivity index (χ2v) is 9.25. The van der Waals surface area contributed by atoms with Gasteiger partial charge < -0.3 is 4.90 Å². The second-order valence-electron chi connectivity index (χ2n) is 6.99. The summed E-state index contributed by atoms with van der Waals surface area (Å²) in [6.45, 7) is 11.4. The third-order valence-electron chi connectivity index (χ3n) is 5.08. The predicted molar refractivity (Wildman–Crippen MR) is 83.2 cm³/mol. The molecule has 0 aromatic rings. The van der Waals surface area contributed by atoms with E-state index >= 15 is 0 Å². The summed E-state index contributed by atoms with van der Waals surface area (Å²) in [6, 6.07) is 0. The molecule has 0 amide bonds. The molecule has 0 aromatic heterocycles. The first-order valence-corrected chi connectivity index (χ1v) is 9.68. The van der Waals surface area contributed by atoms with E-state index in [1.54, 1.807) is 11.2 Å². The molecule has 0 N–H and O–H groups in total. The molecular formula is C15H30N2O2S. The Balaban J connectivity index is 1.85. The third kappa shape index (κ3) is 3.74. The van der Waals surface area contributed by atoms with Crippen molar-refractivity contribution in [1.82, 2.24) is 9.21 Å². The molecule has 5 heteroatoms. The topological polar surface area (TPSA) is 40.6 Å². The van der Waals surface area contributed by atoms with Crippen LogP contribution in [-0.4, -0.2) is 56.1 Å². The van der Waals surface area contributed by atoms with Crippen LogP contribution in [0.25, 0.3) is 0 Å². The Hall–Kier alpha value is -0.130. The van der Waals surface area contributed by atoms with Crippen molar-refractivity contribution in [1.29, 1.82) is 0 Å². The van der Waals surface area contributed by atoms with Crippen molar-refractivity contribution in [3.05, 3.63) is 0 Å². The maximum absolute atomic E-state index is 11.9. The minimum absolute atomic E-state index is 0.238. The van der Waals surface area contributed by atoms with Crippen molar-refractivity contribution in [2.24, 2.45) is 11.3 Å². The summed E-state index contributed by atoms with van der Waals surface area (Å²) in [5, 5.41) is 0. The SMILES string of the molecule is CCS(=O)(=O)N1CCC2(CCN(CC(C)C)CC2)CC1. The first kappa shape index (κ1) is 16.2.